The molecule has 0 rings (SSSR count). The molecule has 342 valence electrons. The van der Waals surface area contributed by atoms with E-state index < -0.39 is 42.3 Å². The number of ether oxygens (including phenoxy) is 7. The second-order valence-electron chi connectivity index (χ2n) is 15.2. The molecule has 59 heavy (non-hydrogen) atoms. The van der Waals surface area contributed by atoms with Gasteiger partial charge in [-0.1, -0.05) is 78.6 Å². The van der Waals surface area contributed by atoms with Crippen LogP contribution in [0.1, 0.15) is 175 Å². The molecule has 0 aliphatic heterocycles. The summed E-state index contributed by atoms with van der Waals surface area (Å²) < 4.78 is 37.7. The lowest BCUT2D eigenvalue weighted by molar-refractivity contribution is -0.191. The van der Waals surface area contributed by atoms with Crippen molar-refractivity contribution in [2.24, 2.45) is 0 Å². The predicted octanol–water partition coefficient (Wildman–Crippen LogP) is 7.51. The highest BCUT2D eigenvalue weighted by Crippen LogP contribution is 2.27. The number of hydrogen-bond donors (Lipinski definition) is 0. The molecule has 15 nitrogen and oxygen atoms in total. The van der Waals surface area contributed by atoms with Gasteiger partial charge in [0.25, 0.3) is 0 Å². The van der Waals surface area contributed by atoms with E-state index in [1.165, 1.54) is 0 Å². The molecule has 0 amide bonds. The summed E-state index contributed by atoms with van der Waals surface area (Å²) in [5.41, 5.74) is -2.39. The number of unbranched alkanes of at least 4 members (excludes halogenated alkanes) is 12. The van der Waals surface area contributed by atoms with Gasteiger partial charge in [0.1, 0.15) is 0 Å². The number of rotatable bonds is 39. The van der Waals surface area contributed by atoms with Crippen molar-refractivity contribution in [2.75, 3.05) is 60.3 Å². The number of nitrogens with zero attached hydrogens (tertiary/aromatic N) is 1. The third kappa shape index (κ3) is 32.7. The molecule has 15 heteroatoms. The molecule has 0 N–H and O–H groups in total. The van der Waals surface area contributed by atoms with Crippen LogP contribution in [0.25, 0.3) is 0 Å². The van der Waals surface area contributed by atoms with Gasteiger partial charge in [-0.15, -0.1) is 0 Å². The van der Waals surface area contributed by atoms with Crippen molar-refractivity contribution < 1.29 is 66.7 Å². The molecule has 0 radical (unpaired) electrons. The van der Waals surface area contributed by atoms with Crippen LogP contribution in [0.5, 0.6) is 0 Å². The van der Waals surface area contributed by atoms with Crippen LogP contribution in [0.4, 0.5) is 0 Å². The first-order valence-electron chi connectivity index (χ1n) is 22.2. The Hall–Kier alpha value is -3.75. The Labute approximate surface area is 353 Å². The highest BCUT2D eigenvalue weighted by Gasteiger charge is 2.49. The Kier molecular flexibility index (Phi) is 34.9. The van der Waals surface area contributed by atoms with E-state index in [1.807, 2.05) is 0 Å². The molecule has 0 aromatic rings. The number of carbonyl (C=O) groups is 7. The first-order valence-corrected chi connectivity index (χ1v) is 22.2. The van der Waals surface area contributed by atoms with Crippen molar-refractivity contribution in [3.05, 3.63) is 0 Å². The zero-order chi connectivity index (χ0) is 44.0. The van der Waals surface area contributed by atoms with Gasteiger partial charge < -0.3 is 38.1 Å². The largest absolute Gasteiger partial charge is 0.466 e. The van der Waals surface area contributed by atoms with Crippen LogP contribution < -0.4 is 0 Å². The molecule has 0 bridgehead atoms. The third-order valence-electron chi connectivity index (χ3n) is 9.17. The predicted molar refractivity (Wildman–Crippen MR) is 221 cm³/mol. The Bertz CT molecular complexity index is 1120. The van der Waals surface area contributed by atoms with E-state index in [2.05, 4.69) is 20.8 Å². The van der Waals surface area contributed by atoms with E-state index >= 15 is 0 Å². The van der Waals surface area contributed by atoms with Gasteiger partial charge in [-0.3, -0.25) is 28.8 Å². The second-order valence-corrected chi connectivity index (χ2v) is 15.2. The summed E-state index contributed by atoms with van der Waals surface area (Å²) in [4.78, 5) is 91.0. The summed E-state index contributed by atoms with van der Waals surface area (Å²) in [5, 5.41) is 0. The van der Waals surface area contributed by atoms with Crippen LogP contribution >= 0.6 is 0 Å². The maximum atomic E-state index is 13.8. The van der Waals surface area contributed by atoms with E-state index in [0.717, 1.165) is 77.0 Å². The molecule has 0 aromatic heterocycles. The maximum Gasteiger partial charge on any atom is 0.351 e. The first kappa shape index (κ1) is 55.2. The molecule has 0 saturated carbocycles. The lowest BCUT2D eigenvalue weighted by Crippen LogP contribution is -2.49. The summed E-state index contributed by atoms with van der Waals surface area (Å²) in [6.45, 7) is 6.68. The standard InChI is InChI=1S/C44H77NO14/c1-6-9-12-15-24-37(46)53-29-18-20-32-56-41(50)35-44(59-40(49)27-28-45(4)5,43(52)58-34-23-22-31-55-39(48)26-17-14-11-8-3)36-42(51)57-33-21-19-30-54-38(47)25-16-13-10-7-2/h6-36H2,1-5H3. The first-order chi connectivity index (χ1) is 28.4. The quantitative estimate of drug-likeness (QED) is 0.0336. The van der Waals surface area contributed by atoms with Crippen LogP contribution in [0.3, 0.4) is 0 Å². The van der Waals surface area contributed by atoms with Crippen LogP contribution in [-0.2, 0) is 66.7 Å². The van der Waals surface area contributed by atoms with Gasteiger partial charge in [-0.05, 0) is 71.9 Å². The van der Waals surface area contributed by atoms with Crippen molar-refractivity contribution in [2.45, 2.75) is 180 Å². The van der Waals surface area contributed by atoms with Crippen molar-refractivity contribution in [1.82, 2.24) is 4.90 Å². The van der Waals surface area contributed by atoms with Crippen molar-refractivity contribution in [1.29, 1.82) is 0 Å². The van der Waals surface area contributed by atoms with Gasteiger partial charge in [0, 0.05) is 25.8 Å². The van der Waals surface area contributed by atoms with Crippen LogP contribution in [0, 0.1) is 0 Å². The summed E-state index contributed by atoms with van der Waals surface area (Å²) in [5.74, 6) is -4.63. The molecule has 0 aliphatic carbocycles. The molecule has 0 heterocycles. The fourth-order valence-corrected chi connectivity index (χ4v) is 5.62. The molecule has 0 unspecified atom stereocenters. The maximum absolute atomic E-state index is 13.8. The van der Waals surface area contributed by atoms with Crippen molar-refractivity contribution in [3.63, 3.8) is 0 Å². The highest BCUT2D eigenvalue weighted by molar-refractivity contribution is 5.92. The monoisotopic (exact) mass is 844 g/mol. The fraction of sp³-hybridized carbons (Fsp3) is 0.841. The third-order valence-corrected chi connectivity index (χ3v) is 9.17. The number of hydrogen-bond acceptors (Lipinski definition) is 15. The normalized spacial score (nSPS) is 11.2. The minimum Gasteiger partial charge on any atom is -0.466 e. The molecular weight excluding hydrogens is 766 g/mol. The smallest absolute Gasteiger partial charge is 0.351 e. The Morgan fingerprint density at radius 2 is 0.695 bits per heavy atom. The van der Waals surface area contributed by atoms with Crippen molar-refractivity contribution in [3.8, 4) is 0 Å². The van der Waals surface area contributed by atoms with Gasteiger partial charge in [-0.2, -0.15) is 0 Å². The molecule has 0 fully saturated rings. The zero-order valence-corrected chi connectivity index (χ0v) is 37.1. The minimum absolute atomic E-state index is 0.0718. The van der Waals surface area contributed by atoms with Gasteiger partial charge in [0.2, 0.25) is 5.60 Å². The lowest BCUT2D eigenvalue weighted by atomic mass is 9.94. The average molecular weight is 844 g/mol. The summed E-state index contributed by atoms with van der Waals surface area (Å²) in [6.07, 6.45) is 13.1. The Morgan fingerprint density at radius 3 is 1.02 bits per heavy atom. The molecule has 0 aliphatic rings. The average Bonchev–Trinajstić information content (AvgIpc) is 3.19. The minimum atomic E-state index is -2.39. The van der Waals surface area contributed by atoms with Gasteiger partial charge in [0.15, 0.2) is 0 Å². The topological polar surface area (TPSA) is 187 Å². The molecular formula is C44H77NO14. The van der Waals surface area contributed by atoms with E-state index in [9.17, 15) is 33.6 Å². The Morgan fingerprint density at radius 1 is 0.373 bits per heavy atom. The molecule has 0 aromatic carbocycles. The van der Waals surface area contributed by atoms with E-state index in [-0.39, 0.29) is 70.5 Å². The lowest BCUT2D eigenvalue weighted by Gasteiger charge is -2.30. The van der Waals surface area contributed by atoms with Crippen LogP contribution in [0.2, 0.25) is 0 Å². The second kappa shape index (κ2) is 37.3. The molecule has 0 spiro atoms. The van der Waals surface area contributed by atoms with E-state index in [4.69, 9.17) is 33.2 Å². The SMILES string of the molecule is CCCCCCC(=O)OCCCCOC(=O)CC(CC(=O)OCCCCOC(=O)CCCCCC)(OC(=O)CCN(C)C)C(=O)OCCCCOC(=O)CCCCCC. The Balaban J connectivity index is 5.52. The number of carbonyl (C=O) groups excluding carboxylic acids is 7. The molecule has 0 atom stereocenters. The summed E-state index contributed by atoms with van der Waals surface area (Å²) in [6, 6.07) is 0. The van der Waals surface area contributed by atoms with Crippen molar-refractivity contribution >= 4 is 41.8 Å². The number of esters is 7. The van der Waals surface area contributed by atoms with Gasteiger partial charge in [-0.25, -0.2) is 4.79 Å². The summed E-state index contributed by atoms with van der Waals surface area (Å²) in [7, 11) is 3.49. The summed E-state index contributed by atoms with van der Waals surface area (Å²) >= 11 is 0. The van der Waals surface area contributed by atoms with E-state index in [0.29, 0.717) is 57.8 Å². The molecule has 0 saturated heterocycles. The highest BCUT2D eigenvalue weighted by atomic mass is 16.6. The van der Waals surface area contributed by atoms with Gasteiger partial charge in [0.05, 0.1) is 58.9 Å². The van der Waals surface area contributed by atoms with Gasteiger partial charge >= 0.3 is 41.8 Å². The van der Waals surface area contributed by atoms with E-state index in [1.54, 1.807) is 19.0 Å². The zero-order valence-electron chi connectivity index (χ0n) is 37.1. The van der Waals surface area contributed by atoms with Crippen LogP contribution in [0.15, 0.2) is 0 Å². The fourth-order valence-electron chi connectivity index (χ4n) is 5.62. The van der Waals surface area contributed by atoms with Crippen LogP contribution in [-0.4, -0.2) is 113 Å².